The molecule has 3 aromatic carbocycles. The quantitative estimate of drug-likeness (QED) is 0.0901. The minimum absolute atomic E-state index is 0.219. The van der Waals surface area contributed by atoms with Gasteiger partial charge in [0.05, 0.1) is 42.4 Å². The Bertz CT molecular complexity index is 1720. The average molecular weight is 704 g/mol. The average Bonchev–Trinajstić information content (AvgIpc) is 3.44. The van der Waals surface area contributed by atoms with Gasteiger partial charge in [-0.2, -0.15) is 0 Å². The van der Waals surface area contributed by atoms with E-state index in [0.717, 1.165) is 22.8 Å². The van der Waals surface area contributed by atoms with Gasteiger partial charge in [-0.3, -0.25) is 14.4 Å². The fraction of sp³-hybridized carbons (Fsp3) is 0.525. The Morgan fingerprint density at radius 2 is 1.57 bits per heavy atom. The third kappa shape index (κ3) is 7.33. The lowest BCUT2D eigenvalue weighted by molar-refractivity contribution is -0.159. The molecule has 4 unspecified atom stereocenters. The van der Waals surface area contributed by atoms with Crippen molar-refractivity contribution in [2.75, 3.05) is 12.3 Å². The lowest BCUT2D eigenvalue weighted by Crippen LogP contribution is -2.69. The maximum absolute atomic E-state index is 14.8. The fourth-order valence-electron chi connectivity index (χ4n) is 8.60. The number of Topliss-reactive ketones (excluding diaryl/α,β-unsaturated/α-hetero) is 3. The maximum Gasteiger partial charge on any atom is 0.185 e. The van der Waals surface area contributed by atoms with Gasteiger partial charge in [0, 0.05) is 17.0 Å². The lowest BCUT2D eigenvalue weighted by Gasteiger charge is -2.48. The highest BCUT2D eigenvalue weighted by Crippen LogP contribution is 2.46. The van der Waals surface area contributed by atoms with Crippen molar-refractivity contribution < 1.29 is 39.5 Å². The molecule has 0 spiro atoms. The first kappa shape index (κ1) is 38.5. The SMILES string of the molecule is CC(C)C(C(=O)[C@@H]1c2cc(N)ccc2C[C@H]1O)C(O)[C@@H](O)C(N)C(C(=O)COc1cccc2ccccc12)(C(=O)[C@@H](N)[C@@H](C)O)C1CCCCC1. The fourth-order valence-corrected chi connectivity index (χ4v) is 8.60. The van der Waals surface area contributed by atoms with Crippen LogP contribution >= 0.6 is 0 Å². The minimum Gasteiger partial charge on any atom is -0.485 e. The molecule has 2 aliphatic carbocycles. The molecule has 11 heteroatoms. The molecule has 0 saturated heterocycles. The second-order valence-corrected chi connectivity index (χ2v) is 14.9. The molecule has 1 fully saturated rings. The number of rotatable bonds is 15. The molecule has 0 amide bonds. The number of ether oxygens (including phenoxy) is 1. The number of anilines is 1. The summed E-state index contributed by atoms with van der Waals surface area (Å²) in [7, 11) is 0. The van der Waals surface area contributed by atoms with E-state index in [9.17, 15) is 34.8 Å². The summed E-state index contributed by atoms with van der Waals surface area (Å²) in [5.74, 6) is -5.19. The number of carbonyl (C=O) groups excluding carboxylic acids is 3. The third-order valence-corrected chi connectivity index (χ3v) is 11.3. The molecular formula is C40H53N3O8. The number of nitrogen functional groups attached to an aromatic ring is 1. The highest BCUT2D eigenvalue weighted by molar-refractivity contribution is 6.11. The standard InChI is InChI=1S/C40H53N3O8/c1-21(2)32(35(47)33-28-19-26(41)17-16-24(28)18-29(33)45)36(48)37(49)38(43)40(25-12-5-4-6-13-25,39(50)34(42)22(3)44)31(46)20-51-30-15-9-11-23-10-7-8-14-27(23)30/h7-11,14-17,19,21-22,25,29,32-34,36-38,44-45,48-49H,4-6,12-13,18,20,41-43H2,1-3H3/t22-,29-,32?,33-,34+,36?,37-,38?,40?/m1/s1. The summed E-state index contributed by atoms with van der Waals surface area (Å²) in [6, 6.07) is 14.7. The molecule has 0 aliphatic heterocycles. The van der Waals surface area contributed by atoms with Gasteiger partial charge in [-0.05, 0) is 72.7 Å². The van der Waals surface area contributed by atoms with Crippen molar-refractivity contribution in [1.82, 2.24) is 0 Å². The minimum atomic E-state index is -2.18. The summed E-state index contributed by atoms with van der Waals surface area (Å²) in [5.41, 5.74) is 18.8. The lowest BCUT2D eigenvalue weighted by atomic mass is 9.57. The molecule has 0 radical (unpaired) electrons. The van der Waals surface area contributed by atoms with Gasteiger partial charge in [-0.1, -0.05) is 75.6 Å². The Kier molecular flexibility index (Phi) is 12.0. The maximum atomic E-state index is 14.8. The van der Waals surface area contributed by atoms with Gasteiger partial charge in [0.2, 0.25) is 0 Å². The zero-order chi connectivity index (χ0) is 37.2. The normalized spacial score (nSPS) is 22.7. The van der Waals surface area contributed by atoms with Crippen molar-refractivity contribution in [2.45, 2.75) is 102 Å². The molecule has 0 heterocycles. The number of hydrogen-bond acceptors (Lipinski definition) is 11. The van der Waals surface area contributed by atoms with Gasteiger partial charge in [0.1, 0.15) is 23.6 Å². The number of fused-ring (bicyclic) bond motifs is 2. The number of aliphatic hydroxyl groups excluding tert-OH is 4. The van der Waals surface area contributed by atoms with Gasteiger partial charge >= 0.3 is 0 Å². The summed E-state index contributed by atoms with van der Waals surface area (Å²) in [6.45, 7) is 4.15. The molecule has 2 aliphatic rings. The Hall–Kier alpha value is -3.71. The van der Waals surface area contributed by atoms with Crippen molar-refractivity contribution in [3.05, 3.63) is 71.8 Å². The van der Waals surface area contributed by atoms with Crippen LogP contribution in [0, 0.1) is 23.2 Å². The monoisotopic (exact) mass is 703 g/mol. The molecule has 3 aromatic rings. The van der Waals surface area contributed by atoms with Gasteiger partial charge in [-0.15, -0.1) is 0 Å². The topological polar surface area (TPSA) is 219 Å². The molecular weight excluding hydrogens is 650 g/mol. The molecule has 5 rings (SSSR count). The van der Waals surface area contributed by atoms with Crippen LogP contribution in [0.3, 0.4) is 0 Å². The van der Waals surface area contributed by atoms with Crippen molar-refractivity contribution in [1.29, 1.82) is 0 Å². The van der Waals surface area contributed by atoms with Crippen LogP contribution in [0.2, 0.25) is 0 Å². The van der Waals surface area contributed by atoms with Crippen LogP contribution in [-0.2, 0) is 20.8 Å². The smallest absolute Gasteiger partial charge is 0.185 e. The second-order valence-electron chi connectivity index (χ2n) is 14.9. The van der Waals surface area contributed by atoms with Crippen molar-refractivity contribution in [2.24, 2.45) is 34.6 Å². The molecule has 0 bridgehead atoms. The van der Waals surface area contributed by atoms with E-state index in [0.29, 0.717) is 42.7 Å². The van der Waals surface area contributed by atoms with E-state index >= 15 is 0 Å². The van der Waals surface area contributed by atoms with Crippen LogP contribution in [0.25, 0.3) is 10.8 Å². The predicted octanol–water partition coefficient (Wildman–Crippen LogP) is 2.81. The third-order valence-electron chi connectivity index (χ3n) is 11.3. The Morgan fingerprint density at radius 3 is 2.24 bits per heavy atom. The van der Waals surface area contributed by atoms with E-state index in [1.165, 1.54) is 6.92 Å². The van der Waals surface area contributed by atoms with E-state index in [1.54, 1.807) is 44.2 Å². The van der Waals surface area contributed by atoms with Crippen LogP contribution < -0.4 is 21.9 Å². The van der Waals surface area contributed by atoms with Crippen molar-refractivity contribution in [3.8, 4) is 5.75 Å². The van der Waals surface area contributed by atoms with Gasteiger partial charge < -0.3 is 42.4 Å². The molecule has 276 valence electrons. The Labute approximate surface area is 299 Å². The molecule has 10 N–H and O–H groups in total. The summed E-state index contributed by atoms with van der Waals surface area (Å²) in [6.07, 6.45) is -2.97. The summed E-state index contributed by atoms with van der Waals surface area (Å²) >= 11 is 0. The number of carbonyl (C=O) groups is 3. The summed E-state index contributed by atoms with van der Waals surface area (Å²) in [5, 5.41) is 47.2. The largest absolute Gasteiger partial charge is 0.485 e. The Morgan fingerprint density at radius 1 is 0.902 bits per heavy atom. The number of hydrogen-bond donors (Lipinski definition) is 7. The predicted molar refractivity (Wildman–Crippen MR) is 195 cm³/mol. The number of aliphatic hydroxyl groups is 4. The van der Waals surface area contributed by atoms with Gasteiger partial charge in [-0.25, -0.2) is 0 Å². The van der Waals surface area contributed by atoms with Crippen LogP contribution in [0.5, 0.6) is 5.75 Å². The van der Waals surface area contributed by atoms with E-state index in [-0.39, 0.29) is 6.42 Å². The Balaban J connectivity index is 1.55. The van der Waals surface area contributed by atoms with Crippen molar-refractivity contribution >= 4 is 33.8 Å². The summed E-state index contributed by atoms with van der Waals surface area (Å²) < 4.78 is 6.11. The highest BCUT2D eigenvalue weighted by Gasteiger charge is 2.60. The van der Waals surface area contributed by atoms with Crippen LogP contribution in [0.1, 0.15) is 69.9 Å². The first-order valence-corrected chi connectivity index (χ1v) is 18.0. The first-order chi connectivity index (χ1) is 24.2. The summed E-state index contributed by atoms with van der Waals surface area (Å²) in [4.78, 5) is 43.8. The highest BCUT2D eigenvalue weighted by atomic mass is 16.5. The second kappa shape index (κ2) is 15.9. The van der Waals surface area contributed by atoms with Crippen LogP contribution in [-0.4, -0.2) is 80.9 Å². The zero-order valence-electron chi connectivity index (χ0n) is 29.7. The number of nitrogens with two attached hydrogens (primary N) is 3. The van der Waals surface area contributed by atoms with E-state index < -0.39 is 89.5 Å². The zero-order valence-corrected chi connectivity index (χ0v) is 29.7. The van der Waals surface area contributed by atoms with Gasteiger partial charge in [0.25, 0.3) is 0 Å². The van der Waals surface area contributed by atoms with Gasteiger partial charge in [0.15, 0.2) is 11.6 Å². The molecule has 11 nitrogen and oxygen atoms in total. The molecule has 9 atom stereocenters. The number of ketones is 3. The molecule has 51 heavy (non-hydrogen) atoms. The van der Waals surface area contributed by atoms with E-state index in [2.05, 4.69) is 0 Å². The number of benzene rings is 3. The van der Waals surface area contributed by atoms with E-state index in [1.807, 2.05) is 30.3 Å². The van der Waals surface area contributed by atoms with Crippen molar-refractivity contribution in [3.63, 3.8) is 0 Å². The molecule has 0 aromatic heterocycles. The molecule has 1 saturated carbocycles. The van der Waals surface area contributed by atoms with E-state index in [4.69, 9.17) is 21.9 Å². The van der Waals surface area contributed by atoms with Crippen LogP contribution in [0.4, 0.5) is 5.69 Å². The first-order valence-electron chi connectivity index (χ1n) is 18.0. The van der Waals surface area contributed by atoms with Crippen LogP contribution in [0.15, 0.2) is 60.7 Å².